The summed E-state index contributed by atoms with van der Waals surface area (Å²) in [6.07, 6.45) is -6.75. The van der Waals surface area contributed by atoms with E-state index in [0.29, 0.717) is 0 Å². The zero-order valence-electron chi connectivity index (χ0n) is 10.4. The van der Waals surface area contributed by atoms with Gasteiger partial charge in [0.1, 0.15) is 6.23 Å². The van der Waals surface area contributed by atoms with Crippen molar-refractivity contribution in [1.82, 2.24) is 5.48 Å². The highest BCUT2D eigenvalue weighted by atomic mass is 19.4. The van der Waals surface area contributed by atoms with Gasteiger partial charge >= 0.3 is 18.1 Å². The van der Waals surface area contributed by atoms with E-state index < -0.39 is 36.4 Å². The first-order chi connectivity index (χ1) is 8.76. The maximum atomic E-state index is 12.8. The number of hydroxylamine groups is 1. The molecule has 0 saturated carbocycles. The molecule has 0 aliphatic carbocycles. The SMILES string of the molecule is CCOC(=O)C1(C(F)(F)F)CC(NOC(=O)CC)O1. The molecule has 6 nitrogen and oxygen atoms in total. The molecule has 1 N–H and O–H groups in total. The van der Waals surface area contributed by atoms with Crippen LogP contribution in [0.15, 0.2) is 0 Å². The van der Waals surface area contributed by atoms with Gasteiger partial charge in [0, 0.05) is 12.8 Å². The van der Waals surface area contributed by atoms with Gasteiger partial charge in [0.15, 0.2) is 0 Å². The van der Waals surface area contributed by atoms with Crippen LogP contribution in [0.1, 0.15) is 26.7 Å². The molecule has 2 atom stereocenters. The summed E-state index contributed by atoms with van der Waals surface area (Å²) in [6.45, 7) is 2.71. The van der Waals surface area contributed by atoms with E-state index in [4.69, 9.17) is 0 Å². The molecule has 1 rings (SSSR count). The van der Waals surface area contributed by atoms with Gasteiger partial charge in [0.25, 0.3) is 5.60 Å². The van der Waals surface area contributed by atoms with Gasteiger partial charge in [0.2, 0.25) is 0 Å². The molecule has 1 fully saturated rings. The highest BCUT2D eigenvalue weighted by Crippen LogP contribution is 2.45. The van der Waals surface area contributed by atoms with Gasteiger partial charge in [-0.15, -0.1) is 5.48 Å². The number of esters is 1. The Labute approximate surface area is 107 Å². The Bertz CT molecular complexity index is 352. The van der Waals surface area contributed by atoms with Gasteiger partial charge in [-0.25, -0.2) is 4.79 Å². The van der Waals surface area contributed by atoms with Gasteiger partial charge < -0.3 is 14.3 Å². The Kier molecular flexibility index (Phi) is 4.75. The number of nitrogens with one attached hydrogen (secondary N) is 1. The van der Waals surface area contributed by atoms with Gasteiger partial charge in [-0.1, -0.05) is 6.92 Å². The van der Waals surface area contributed by atoms with Gasteiger partial charge in [-0.2, -0.15) is 13.2 Å². The van der Waals surface area contributed by atoms with Crippen molar-refractivity contribution >= 4 is 11.9 Å². The van der Waals surface area contributed by atoms with E-state index in [2.05, 4.69) is 14.3 Å². The first kappa shape index (κ1) is 15.7. The Morgan fingerprint density at radius 3 is 2.42 bits per heavy atom. The van der Waals surface area contributed by atoms with Crippen LogP contribution in [0, 0.1) is 0 Å². The smallest absolute Gasteiger partial charge is 0.428 e. The Morgan fingerprint density at radius 2 is 2.00 bits per heavy atom. The van der Waals surface area contributed by atoms with Crippen molar-refractivity contribution in [1.29, 1.82) is 0 Å². The number of ether oxygens (including phenoxy) is 2. The molecule has 0 bridgehead atoms. The van der Waals surface area contributed by atoms with Crippen molar-refractivity contribution in [3.05, 3.63) is 0 Å². The summed E-state index contributed by atoms with van der Waals surface area (Å²) >= 11 is 0. The molecular weight excluding hydrogens is 271 g/mol. The quantitative estimate of drug-likeness (QED) is 0.601. The standard InChI is InChI=1S/C10H14F3NO5/c1-3-7(15)19-14-6-5-9(18-6,10(11,12)13)8(16)17-4-2/h6,14H,3-5H2,1-2H3. The maximum absolute atomic E-state index is 12.8. The van der Waals surface area contributed by atoms with E-state index in [1.165, 1.54) is 13.8 Å². The van der Waals surface area contributed by atoms with E-state index in [-0.39, 0.29) is 13.0 Å². The topological polar surface area (TPSA) is 73.9 Å². The minimum absolute atomic E-state index is 0.0575. The predicted molar refractivity (Wildman–Crippen MR) is 54.4 cm³/mol. The summed E-state index contributed by atoms with van der Waals surface area (Å²) in [4.78, 5) is 26.5. The third-order valence-electron chi connectivity index (χ3n) is 2.47. The number of hydrogen-bond donors (Lipinski definition) is 1. The molecule has 0 spiro atoms. The van der Waals surface area contributed by atoms with Crippen LogP contribution in [0.2, 0.25) is 0 Å². The average molecular weight is 285 g/mol. The van der Waals surface area contributed by atoms with Crippen molar-refractivity contribution in [2.45, 2.75) is 44.7 Å². The molecule has 0 aromatic heterocycles. The van der Waals surface area contributed by atoms with Gasteiger partial charge in [0.05, 0.1) is 6.61 Å². The summed E-state index contributed by atoms with van der Waals surface area (Å²) in [7, 11) is 0. The second-order valence-corrected chi connectivity index (χ2v) is 3.80. The lowest BCUT2D eigenvalue weighted by Crippen LogP contribution is -2.68. The highest BCUT2D eigenvalue weighted by molar-refractivity contribution is 5.82. The zero-order chi connectivity index (χ0) is 14.7. The third kappa shape index (κ3) is 3.16. The van der Waals surface area contributed by atoms with Crippen LogP contribution >= 0.6 is 0 Å². The van der Waals surface area contributed by atoms with Crippen molar-refractivity contribution in [3.63, 3.8) is 0 Å². The third-order valence-corrected chi connectivity index (χ3v) is 2.47. The molecule has 2 unspecified atom stereocenters. The highest BCUT2D eigenvalue weighted by Gasteiger charge is 2.70. The number of carbonyl (C=O) groups is 2. The fourth-order valence-corrected chi connectivity index (χ4v) is 1.44. The number of carbonyl (C=O) groups excluding carboxylic acids is 2. The molecule has 1 heterocycles. The van der Waals surface area contributed by atoms with Crippen LogP contribution in [-0.2, 0) is 23.9 Å². The van der Waals surface area contributed by atoms with Crippen LogP contribution < -0.4 is 5.48 Å². The average Bonchev–Trinajstić information content (AvgIpc) is 2.25. The lowest BCUT2D eigenvalue weighted by molar-refractivity contribution is -0.355. The van der Waals surface area contributed by atoms with Gasteiger partial charge in [-0.05, 0) is 6.92 Å². The number of hydrogen-bond acceptors (Lipinski definition) is 6. The monoisotopic (exact) mass is 285 g/mol. The fraction of sp³-hybridized carbons (Fsp3) is 0.800. The van der Waals surface area contributed by atoms with Crippen LogP contribution in [0.5, 0.6) is 0 Å². The molecule has 0 aromatic rings. The Morgan fingerprint density at radius 1 is 1.42 bits per heavy atom. The van der Waals surface area contributed by atoms with E-state index in [1.807, 2.05) is 5.48 Å². The Hall–Kier alpha value is -1.35. The summed E-state index contributed by atoms with van der Waals surface area (Å²) in [5.41, 5.74) is -0.973. The number of alkyl halides is 3. The zero-order valence-corrected chi connectivity index (χ0v) is 10.4. The molecular formula is C10H14F3NO5. The molecule has 0 aromatic carbocycles. The first-order valence-corrected chi connectivity index (χ1v) is 5.63. The molecule has 1 aliphatic rings. The van der Waals surface area contributed by atoms with Crippen LogP contribution in [0.4, 0.5) is 13.2 Å². The summed E-state index contributed by atoms with van der Waals surface area (Å²) < 4.78 is 47.3. The summed E-state index contributed by atoms with van der Waals surface area (Å²) in [6, 6.07) is 0. The second-order valence-electron chi connectivity index (χ2n) is 3.80. The van der Waals surface area contributed by atoms with Gasteiger partial charge in [-0.3, -0.25) is 4.79 Å². The fourth-order valence-electron chi connectivity index (χ4n) is 1.44. The van der Waals surface area contributed by atoms with E-state index >= 15 is 0 Å². The molecule has 19 heavy (non-hydrogen) atoms. The normalized spacial score (nSPS) is 26.5. The largest absolute Gasteiger partial charge is 0.464 e. The first-order valence-electron chi connectivity index (χ1n) is 5.63. The number of rotatable bonds is 5. The van der Waals surface area contributed by atoms with E-state index in [0.717, 1.165) is 0 Å². The molecule has 110 valence electrons. The molecule has 0 radical (unpaired) electrons. The van der Waals surface area contributed by atoms with Crippen LogP contribution in [0.3, 0.4) is 0 Å². The maximum Gasteiger partial charge on any atom is 0.428 e. The number of halogens is 3. The van der Waals surface area contributed by atoms with E-state index in [1.54, 1.807) is 0 Å². The lowest BCUT2D eigenvalue weighted by Gasteiger charge is -2.45. The summed E-state index contributed by atoms with van der Waals surface area (Å²) in [5, 5.41) is 0. The summed E-state index contributed by atoms with van der Waals surface area (Å²) in [5.74, 6) is -2.15. The molecule has 1 aliphatic heterocycles. The van der Waals surface area contributed by atoms with Crippen molar-refractivity contribution in [2.75, 3.05) is 6.61 Å². The van der Waals surface area contributed by atoms with Crippen molar-refractivity contribution < 1.29 is 37.1 Å². The molecule has 9 heteroatoms. The van der Waals surface area contributed by atoms with Crippen LogP contribution in [0.25, 0.3) is 0 Å². The lowest BCUT2D eigenvalue weighted by atomic mass is 9.92. The Balaban J connectivity index is 2.60. The predicted octanol–water partition coefficient (Wildman–Crippen LogP) is 1.05. The van der Waals surface area contributed by atoms with Crippen LogP contribution in [-0.4, -0.2) is 36.6 Å². The van der Waals surface area contributed by atoms with E-state index in [9.17, 15) is 22.8 Å². The van der Waals surface area contributed by atoms with Crippen molar-refractivity contribution in [2.24, 2.45) is 0 Å². The molecule has 1 saturated heterocycles. The molecule has 0 amide bonds. The minimum Gasteiger partial charge on any atom is -0.464 e. The minimum atomic E-state index is -4.90. The van der Waals surface area contributed by atoms with Crippen molar-refractivity contribution in [3.8, 4) is 0 Å². The second kappa shape index (κ2) is 5.74.